The van der Waals surface area contributed by atoms with Crippen molar-refractivity contribution in [2.24, 2.45) is 0 Å². The van der Waals surface area contributed by atoms with Gasteiger partial charge in [0, 0.05) is 6.08 Å². The first-order valence-corrected chi connectivity index (χ1v) is 4.94. The number of nitrogens with zero attached hydrogens (tertiary/aromatic N) is 1. The van der Waals surface area contributed by atoms with Crippen LogP contribution in [0.5, 0.6) is 0 Å². The first-order chi connectivity index (χ1) is 7.49. The number of methoxy groups -OCH3 is 1. The van der Waals surface area contributed by atoms with Crippen LogP contribution < -0.4 is 0 Å². The maximum Gasteiger partial charge on any atom is 0.375 e. The van der Waals surface area contributed by atoms with E-state index in [1.807, 2.05) is 6.92 Å². The molecule has 1 fully saturated rings. The van der Waals surface area contributed by atoms with E-state index in [0.29, 0.717) is 0 Å². The van der Waals surface area contributed by atoms with Crippen LogP contribution >= 0.6 is 0 Å². The van der Waals surface area contributed by atoms with Crippen LogP contribution in [0, 0.1) is 0 Å². The summed E-state index contributed by atoms with van der Waals surface area (Å²) in [5, 5.41) is 1.46. The van der Waals surface area contributed by atoms with Crippen LogP contribution in [-0.4, -0.2) is 42.3 Å². The predicted molar refractivity (Wildman–Crippen MR) is 51.8 cm³/mol. The number of ether oxygens (including phenoxy) is 2. The number of morpholine rings is 1. The van der Waals surface area contributed by atoms with Gasteiger partial charge in [-0.15, -0.1) is 5.06 Å². The number of fused-ring (bicyclic) bond motifs is 1. The topological polar surface area (TPSA) is 65.1 Å². The fourth-order valence-corrected chi connectivity index (χ4v) is 1.85. The number of hydrogen-bond donors (Lipinski definition) is 0. The van der Waals surface area contributed by atoms with Crippen LogP contribution in [0.2, 0.25) is 0 Å². The largest absolute Gasteiger partial charge is 0.463 e. The van der Waals surface area contributed by atoms with E-state index in [1.54, 1.807) is 6.92 Å². The van der Waals surface area contributed by atoms with E-state index in [4.69, 9.17) is 9.57 Å². The number of carbonyl (C=O) groups is 2. The van der Waals surface area contributed by atoms with E-state index in [-0.39, 0.29) is 18.4 Å². The van der Waals surface area contributed by atoms with Gasteiger partial charge in [0.2, 0.25) is 5.76 Å². The highest BCUT2D eigenvalue weighted by molar-refractivity contribution is 5.91. The molecule has 0 N–H and O–H groups in total. The minimum atomic E-state index is -1.04. The van der Waals surface area contributed by atoms with Gasteiger partial charge in [0.1, 0.15) is 6.61 Å². The van der Waals surface area contributed by atoms with Gasteiger partial charge < -0.3 is 14.3 Å². The van der Waals surface area contributed by atoms with Crippen LogP contribution in [0.25, 0.3) is 0 Å². The van der Waals surface area contributed by atoms with Crippen molar-refractivity contribution >= 4 is 11.9 Å². The van der Waals surface area contributed by atoms with Crippen molar-refractivity contribution in [3.8, 4) is 0 Å². The lowest BCUT2D eigenvalue weighted by Crippen LogP contribution is -2.57. The minimum Gasteiger partial charge on any atom is -0.463 e. The number of carbonyl (C=O) groups excluding carboxylic acids is 2. The van der Waals surface area contributed by atoms with E-state index in [1.165, 1.54) is 18.2 Å². The van der Waals surface area contributed by atoms with Gasteiger partial charge in [-0.2, -0.15) is 0 Å². The number of hydroxylamine groups is 2. The highest BCUT2D eigenvalue weighted by atomic mass is 16.7. The third-order valence-electron chi connectivity index (χ3n) is 2.72. The smallest absolute Gasteiger partial charge is 0.375 e. The normalized spacial score (nSPS) is 33.6. The molecule has 2 atom stereocenters. The van der Waals surface area contributed by atoms with E-state index in [2.05, 4.69) is 4.74 Å². The van der Waals surface area contributed by atoms with Crippen molar-refractivity contribution < 1.29 is 23.9 Å². The molecule has 2 unspecified atom stereocenters. The molecule has 1 saturated heterocycles. The van der Waals surface area contributed by atoms with E-state index in [0.717, 1.165) is 0 Å². The molecular formula is C10H13NO5. The first-order valence-electron chi connectivity index (χ1n) is 4.94. The molecule has 0 saturated carbocycles. The molecule has 0 aromatic carbocycles. The Bertz CT molecular complexity index is 377. The van der Waals surface area contributed by atoms with Gasteiger partial charge in [0.05, 0.1) is 13.2 Å². The Balaban J connectivity index is 2.32. The van der Waals surface area contributed by atoms with Gasteiger partial charge in [-0.1, -0.05) is 0 Å². The first kappa shape index (κ1) is 10.9. The number of hydrogen-bond acceptors (Lipinski definition) is 6. The van der Waals surface area contributed by atoms with Gasteiger partial charge in [-0.05, 0) is 13.8 Å². The van der Waals surface area contributed by atoms with Crippen LogP contribution in [0.1, 0.15) is 13.8 Å². The molecule has 0 aliphatic carbocycles. The summed E-state index contributed by atoms with van der Waals surface area (Å²) in [5.41, 5.74) is -1.04. The summed E-state index contributed by atoms with van der Waals surface area (Å²) >= 11 is 0. The van der Waals surface area contributed by atoms with E-state index >= 15 is 0 Å². The number of esters is 2. The fraction of sp³-hybridized carbons (Fsp3) is 0.600. The van der Waals surface area contributed by atoms with Gasteiger partial charge >= 0.3 is 11.9 Å². The summed E-state index contributed by atoms with van der Waals surface area (Å²) in [5.74, 6) is -1.00. The Hall–Kier alpha value is -1.56. The molecule has 2 aliphatic heterocycles. The van der Waals surface area contributed by atoms with Crippen molar-refractivity contribution in [1.29, 1.82) is 0 Å². The third-order valence-corrected chi connectivity index (χ3v) is 2.72. The van der Waals surface area contributed by atoms with E-state index in [9.17, 15) is 9.59 Å². The highest BCUT2D eigenvalue weighted by Gasteiger charge is 2.53. The lowest BCUT2D eigenvalue weighted by atomic mass is 9.99. The molecule has 16 heavy (non-hydrogen) atoms. The molecule has 0 bridgehead atoms. The summed E-state index contributed by atoms with van der Waals surface area (Å²) < 4.78 is 9.56. The molecule has 6 heteroatoms. The predicted octanol–water partition coefficient (Wildman–Crippen LogP) is -0.00550. The molecule has 0 spiro atoms. The second kappa shape index (κ2) is 3.48. The number of cyclic esters (lactones) is 1. The highest BCUT2D eigenvalue weighted by Crippen LogP contribution is 2.34. The molecule has 0 radical (unpaired) electrons. The molecule has 2 aliphatic rings. The van der Waals surface area contributed by atoms with Gasteiger partial charge in [0.25, 0.3) is 0 Å². The fourth-order valence-electron chi connectivity index (χ4n) is 1.85. The van der Waals surface area contributed by atoms with Crippen molar-refractivity contribution in [2.45, 2.75) is 25.4 Å². The van der Waals surface area contributed by atoms with Crippen LogP contribution in [0.15, 0.2) is 11.8 Å². The monoisotopic (exact) mass is 227 g/mol. The van der Waals surface area contributed by atoms with Crippen molar-refractivity contribution in [2.75, 3.05) is 13.7 Å². The SMILES string of the molecule is COC(=O)C1=CC2(C)C(=O)OCC(C)N2O1. The summed E-state index contributed by atoms with van der Waals surface area (Å²) in [7, 11) is 1.26. The second-order valence-corrected chi connectivity index (χ2v) is 4.01. The molecular weight excluding hydrogens is 214 g/mol. The van der Waals surface area contributed by atoms with E-state index < -0.39 is 17.5 Å². The van der Waals surface area contributed by atoms with Crippen LogP contribution in [0.3, 0.4) is 0 Å². The standard InChI is InChI=1S/C10H13NO5/c1-6-5-15-9(13)10(2)4-7(8(12)14-3)16-11(6)10/h4,6H,5H2,1-3H3. The zero-order chi connectivity index (χ0) is 11.9. The molecule has 2 heterocycles. The summed E-state index contributed by atoms with van der Waals surface area (Å²) in [4.78, 5) is 28.3. The van der Waals surface area contributed by atoms with Crippen molar-refractivity contribution in [1.82, 2.24) is 5.06 Å². The average Bonchev–Trinajstić information content (AvgIpc) is 2.63. The molecule has 2 rings (SSSR count). The quantitative estimate of drug-likeness (QED) is 0.587. The Labute approximate surface area is 92.7 Å². The van der Waals surface area contributed by atoms with Crippen LogP contribution in [0.4, 0.5) is 0 Å². The average molecular weight is 227 g/mol. The van der Waals surface area contributed by atoms with Crippen LogP contribution in [-0.2, 0) is 23.9 Å². The molecule has 88 valence electrons. The van der Waals surface area contributed by atoms with Crippen molar-refractivity contribution in [3.05, 3.63) is 11.8 Å². The molecule has 0 amide bonds. The van der Waals surface area contributed by atoms with Crippen molar-refractivity contribution in [3.63, 3.8) is 0 Å². The summed E-state index contributed by atoms with van der Waals surface area (Å²) in [6.45, 7) is 3.73. The minimum absolute atomic E-state index is 0.0238. The maximum atomic E-state index is 11.7. The number of rotatable bonds is 1. The third kappa shape index (κ3) is 1.37. The Kier molecular flexibility index (Phi) is 2.38. The zero-order valence-corrected chi connectivity index (χ0v) is 9.35. The summed E-state index contributed by atoms with van der Waals surface area (Å²) in [6, 6.07) is -0.110. The Morgan fingerprint density at radius 2 is 2.38 bits per heavy atom. The Morgan fingerprint density at radius 3 is 2.94 bits per heavy atom. The second-order valence-electron chi connectivity index (χ2n) is 4.01. The molecule has 6 nitrogen and oxygen atoms in total. The lowest BCUT2D eigenvalue weighted by molar-refractivity contribution is -0.227. The lowest BCUT2D eigenvalue weighted by Gasteiger charge is -2.38. The van der Waals surface area contributed by atoms with Gasteiger partial charge in [-0.25, -0.2) is 9.59 Å². The Morgan fingerprint density at radius 1 is 1.69 bits per heavy atom. The van der Waals surface area contributed by atoms with Gasteiger partial charge in [-0.3, -0.25) is 0 Å². The maximum absolute atomic E-state index is 11.7. The van der Waals surface area contributed by atoms with Gasteiger partial charge in [0.15, 0.2) is 5.54 Å². The molecule has 0 aromatic rings. The molecule has 0 aromatic heterocycles. The summed E-state index contributed by atoms with van der Waals surface area (Å²) in [6.07, 6.45) is 1.43. The zero-order valence-electron chi connectivity index (χ0n) is 9.35.